The van der Waals surface area contributed by atoms with E-state index in [4.69, 9.17) is 0 Å². The van der Waals surface area contributed by atoms with Crippen molar-refractivity contribution in [3.05, 3.63) is 0 Å². The van der Waals surface area contributed by atoms with E-state index in [-0.39, 0.29) is 11.8 Å². The van der Waals surface area contributed by atoms with E-state index in [1.165, 1.54) is 19.4 Å². The molecule has 1 aliphatic heterocycles. The molecular formula is C13H27N3O. The summed E-state index contributed by atoms with van der Waals surface area (Å²) in [5, 5.41) is 6.28. The quantitative estimate of drug-likeness (QED) is 0.694. The number of likely N-dealkylation sites (N-methyl/N-ethyl adjacent to an activating group) is 1. The van der Waals surface area contributed by atoms with Crippen molar-refractivity contribution in [2.24, 2.45) is 5.92 Å². The molecule has 1 heterocycles. The van der Waals surface area contributed by atoms with Gasteiger partial charge in [0.15, 0.2) is 0 Å². The Kier molecular flexibility index (Phi) is 6.52. The van der Waals surface area contributed by atoms with Crippen LogP contribution in [0.5, 0.6) is 0 Å². The molecule has 17 heavy (non-hydrogen) atoms. The van der Waals surface area contributed by atoms with E-state index in [2.05, 4.69) is 29.4 Å². The Morgan fingerprint density at radius 2 is 2.24 bits per heavy atom. The van der Waals surface area contributed by atoms with Gasteiger partial charge in [-0.3, -0.25) is 9.69 Å². The third-order valence-corrected chi connectivity index (χ3v) is 3.57. The van der Waals surface area contributed by atoms with Crippen LogP contribution in [0.3, 0.4) is 0 Å². The highest BCUT2D eigenvalue weighted by atomic mass is 16.1. The molecule has 0 bridgehead atoms. The number of nitrogens with one attached hydrogen (secondary N) is 2. The highest BCUT2D eigenvalue weighted by molar-refractivity contribution is 5.78. The van der Waals surface area contributed by atoms with Crippen LogP contribution in [0, 0.1) is 5.92 Å². The molecular weight excluding hydrogens is 214 g/mol. The van der Waals surface area contributed by atoms with Crippen molar-refractivity contribution >= 4 is 5.91 Å². The highest BCUT2D eigenvalue weighted by Gasteiger charge is 2.23. The molecule has 2 unspecified atom stereocenters. The molecule has 0 aromatic carbocycles. The first-order valence-electron chi connectivity index (χ1n) is 6.91. The molecule has 0 aliphatic carbocycles. The normalized spacial score (nSPS) is 22.6. The second-order valence-corrected chi connectivity index (χ2v) is 4.88. The standard InChI is InChI=1S/C13H27N3O/c1-4-14-9-11(3)13(17)15-10-12-7-6-8-16(12)5-2/h11-12,14H,4-10H2,1-3H3,(H,15,17). The molecule has 0 saturated carbocycles. The van der Waals surface area contributed by atoms with Crippen LogP contribution in [0.4, 0.5) is 0 Å². The van der Waals surface area contributed by atoms with Gasteiger partial charge in [-0.1, -0.05) is 20.8 Å². The Hall–Kier alpha value is -0.610. The minimum absolute atomic E-state index is 0.0615. The fourth-order valence-electron chi connectivity index (χ4n) is 2.39. The lowest BCUT2D eigenvalue weighted by Crippen LogP contribution is -2.43. The van der Waals surface area contributed by atoms with Gasteiger partial charge in [-0.25, -0.2) is 0 Å². The number of likely N-dealkylation sites (tertiary alicyclic amines) is 1. The summed E-state index contributed by atoms with van der Waals surface area (Å²) in [5.74, 6) is 0.236. The monoisotopic (exact) mass is 241 g/mol. The molecule has 4 heteroatoms. The molecule has 1 aliphatic rings. The van der Waals surface area contributed by atoms with Gasteiger partial charge in [-0.15, -0.1) is 0 Å². The molecule has 4 nitrogen and oxygen atoms in total. The van der Waals surface area contributed by atoms with E-state index in [9.17, 15) is 4.79 Å². The Morgan fingerprint density at radius 3 is 2.88 bits per heavy atom. The Bertz CT molecular complexity index is 233. The fourth-order valence-corrected chi connectivity index (χ4v) is 2.39. The van der Waals surface area contributed by atoms with Gasteiger partial charge < -0.3 is 10.6 Å². The Balaban J connectivity index is 2.22. The van der Waals surface area contributed by atoms with Crippen LogP contribution in [-0.4, -0.2) is 49.6 Å². The topological polar surface area (TPSA) is 44.4 Å². The van der Waals surface area contributed by atoms with Crippen LogP contribution in [0.25, 0.3) is 0 Å². The van der Waals surface area contributed by atoms with Crippen molar-refractivity contribution in [2.45, 2.75) is 39.7 Å². The van der Waals surface area contributed by atoms with Crippen molar-refractivity contribution in [1.82, 2.24) is 15.5 Å². The van der Waals surface area contributed by atoms with Gasteiger partial charge in [-0.2, -0.15) is 0 Å². The molecule has 0 radical (unpaired) electrons. The minimum Gasteiger partial charge on any atom is -0.354 e. The zero-order valence-electron chi connectivity index (χ0n) is 11.5. The molecule has 0 spiro atoms. The maximum absolute atomic E-state index is 11.8. The van der Waals surface area contributed by atoms with Crippen LogP contribution < -0.4 is 10.6 Å². The van der Waals surface area contributed by atoms with E-state index in [0.717, 1.165) is 26.2 Å². The summed E-state index contributed by atoms with van der Waals surface area (Å²) in [6, 6.07) is 0.551. The van der Waals surface area contributed by atoms with Gasteiger partial charge in [0, 0.05) is 25.0 Å². The van der Waals surface area contributed by atoms with Gasteiger partial charge in [-0.05, 0) is 32.5 Å². The molecule has 100 valence electrons. The fraction of sp³-hybridized carbons (Fsp3) is 0.923. The molecule has 2 atom stereocenters. The van der Waals surface area contributed by atoms with Crippen LogP contribution in [0.2, 0.25) is 0 Å². The van der Waals surface area contributed by atoms with Crippen LogP contribution >= 0.6 is 0 Å². The molecule has 0 aromatic heterocycles. The maximum atomic E-state index is 11.8. The summed E-state index contributed by atoms with van der Waals surface area (Å²) in [6.45, 7) is 11.0. The smallest absolute Gasteiger partial charge is 0.224 e. The summed E-state index contributed by atoms with van der Waals surface area (Å²) < 4.78 is 0. The number of carbonyl (C=O) groups is 1. The van der Waals surface area contributed by atoms with Crippen molar-refractivity contribution in [1.29, 1.82) is 0 Å². The van der Waals surface area contributed by atoms with E-state index < -0.39 is 0 Å². The summed E-state index contributed by atoms with van der Waals surface area (Å²) in [4.78, 5) is 14.3. The van der Waals surface area contributed by atoms with Crippen LogP contribution in [0.1, 0.15) is 33.6 Å². The lowest BCUT2D eigenvalue weighted by Gasteiger charge is -2.23. The number of rotatable bonds is 7. The lowest BCUT2D eigenvalue weighted by atomic mass is 10.1. The zero-order chi connectivity index (χ0) is 12.7. The van der Waals surface area contributed by atoms with Gasteiger partial charge in [0.05, 0.1) is 0 Å². The molecule has 2 N–H and O–H groups in total. The van der Waals surface area contributed by atoms with Crippen molar-refractivity contribution in [3.63, 3.8) is 0 Å². The summed E-state index contributed by atoms with van der Waals surface area (Å²) in [5.41, 5.74) is 0. The average molecular weight is 241 g/mol. The SMILES string of the molecule is CCNCC(C)C(=O)NCC1CCCN1CC. The zero-order valence-corrected chi connectivity index (χ0v) is 11.5. The highest BCUT2D eigenvalue weighted by Crippen LogP contribution is 2.15. The Labute approximate surface area is 105 Å². The van der Waals surface area contributed by atoms with Gasteiger partial charge >= 0.3 is 0 Å². The van der Waals surface area contributed by atoms with E-state index >= 15 is 0 Å². The molecule has 1 amide bonds. The third-order valence-electron chi connectivity index (χ3n) is 3.57. The van der Waals surface area contributed by atoms with E-state index in [0.29, 0.717) is 6.04 Å². The number of carbonyl (C=O) groups excluding carboxylic acids is 1. The van der Waals surface area contributed by atoms with Gasteiger partial charge in [0.25, 0.3) is 0 Å². The predicted molar refractivity (Wildman–Crippen MR) is 71.0 cm³/mol. The molecule has 1 rings (SSSR count). The van der Waals surface area contributed by atoms with Crippen molar-refractivity contribution in [3.8, 4) is 0 Å². The summed E-state index contributed by atoms with van der Waals surface area (Å²) >= 11 is 0. The number of hydrogen-bond donors (Lipinski definition) is 2. The Morgan fingerprint density at radius 1 is 1.47 bits per heavy atom. The van der Waals surface area contributed by atoms with Crippen LogP contribution in [-0.2, 0) is 4.79 Å². The van der Waals surface area contributed by atoms with E-state index in [1.54, 1.807) is 0 Å². The summed E-state index contributed by atoms with van der Waals surface area (Å²) in [7, 11) is 0. The first kappa shape index (κ1) is 14.5. The van der Waals surface area contributed by atoms with Gasteiger partial charge in [0.2, 0.25) is 5.91 Å². The molecule has 1 fully saturated rings. The summed E-state index contributed by atoms with van der Waals surface area (Å²) in [6.07, 6.45) is 2.48. The van der Waals surface area contributed by atoms with Crippen molar-refractivity contribution in [2.75, 3.05) is 32.7 Å². The number of amides is 1. The van der Waals surface area contributed by atoms with Crippen LogP contribution in [0.15, 0.2) is 0 Å². The lowest BCUT2D eigenvalue weighted by molar-refractivity contribution is -0.124. The first-order valence-corrected chi connectivity index (χ1v) is 6.91. The molecule has 1 saturated heterocycles. The predicted octanol–water partition coefficient (Wildman–Crippen LogP) is 0.833. The first-order chi connectivity index (χ1) is 8.19. The number of nitrogens with zero attached hydrogens (tertiary/aromatic N) is 1. The number of hydrogen-bond acceptors (Lipinski definition) is 3. The second kappa shape index (κ2) is 7.67. The van der Waals surface area contributed by atoms with E-state index in [1.807, 2.05) is 6.92 Å². The maximum Gasteiger partial charge on any atom is 0.224 e. The van der Waals surface area contributed by atoms with Gasteiger partial charge in [0.1, 0.15) is 0 Å². The third kappa shape index (κ3) is 4.64. The van der Waals surface area contributed by atoms with Crippen molar-refractivity contribution < 1.29 is 4.79 Å². The molecule has 0 aromatic rings. The largest absolute Gasteiger partial charge is 0.354 e. The minimum atomic E-state index is 0.0615. The second-order valence-electron chi connectivity index (χ2n) is 4.88. The average Bonchev–Trinajstić information content (AvgIpc) is 2.80.